The molecule has 0 aromatic rings. The van der Waals surface area contributed by atoms with E-state index in [0.717, 1.165) is 26.1 Å². The van der Waals surface area contributed by atoms with E-state index in [1.807, 2.05) is 0 Å². The molecule has 0 atom stereocenters. The van der Waals surface area contributed by atoms with Crippen molar-refractivity contribution < 1.29 is 9.90 Å². The third-order valence-corrected chi connectivity index (χ3v) is 4.19. The van der Waals surface area contributed by atoms with Gasteiger partial charge in [0.25, 0.3) is 0 Å². The lowest BCUT2D eigenvalue weighted by atomic mass is 10.1. The van der Waals surface area contributed by atoms with Crippen molar-refractivity contribution >= 4 is 5.97 Å². The van der Waals surface area contributed by atoms with Crippen molar-refractivity contribution in [3.63, 3.8) is 0 Å². The number of aliphatic carboxylic acids is 1. The molecule has 0 aliphatic heterocycles. The summed E-state index contributed by atoms with van der Waals surface area (Å²) in [7, 11) is 0. The third kappa shape index (κ3) is 21.4. The van der Waals surface area contributed by atoms with Crippen LogP contribution in [0, 0.1) is 0 Å². The summed E-state index contributed by atoms with van der Waals surface area (Å²) in [6, 6.07) is 0. The van der Waals surface area contributed by atoms with Crippen LogP contribution in [0.1, 0.15) is 90.4 Å². The van der Waals surface area contributed by atoms with Crippen molar-refractivity contribution in [2.45, 2.75) is 90.4 Å². The van der Waals surface area contributed by atoms with Gasteiger partial charge in [-0.15, -0.1) is 0 Å². The maximum absolute atomic E-state index is 10.3. The van der Waals surface area contributed by atoms with E-state index < -0.39 is 5.97 Å². The molecule has 0 saturated heterocycles. The first-order chi connectivity index (χ1) is 11.3. The van der Waals surface area contributed by atoms with Crippen LogP contribution in [0.5, 0.6) is 0 Å². The van der Waals surface area contributed by atoms with E-state index in [2.05, 4.69) is 17.6 Å². The highest BCUT2D eigenvalue weighted by Crippen LogP contribution is 2.11. The third-order valence-electron chi connectivity index (χ3n) is 4.19. The van der Waals surface area contributed by atoms with Crippen LogP contribution in [-0.2, 0) is 4.79 Å². The molecule has 0 spiro atoms. The topological polar surface area (TPSA) is 61.4 Å². The van der Waals surface area contributed by atoms with Gasteiger partial charge in [0.05, 0.1) is 6.54 Å². The number of nitrogens with one attached hydrogen (secondary N) is 2. The van der Waals surface area contributed by atoms with Crippen molar-refractivity contribution in [1.82, 2.24) is 10.6 Å². The summed E-state index contributed by atoms with van der Waals surface area (Å²) in [5.41, 5.74) is 0. The van der Waals surface area contributed by atoms with Gasteiger partial charge in [0.1, 0.15) is 0 Å². The molecule has 138 valence electrons. The number of hydrogen-bond acceptors (Lipinski definition) is 3. The number of carboxylic acid groups (broad SMARTS) is 1. The average Bonchev–Trinajstić information content (AvgIpc) is 2.53. The van der Waals surface area contributed by atoms with Gasteiger partial charge in [0.15, 0.2) is 0 Å². The standard InChI is InChI=1S/C19H40N2O2/c1-2-3-4-5-6-7-8-9-10-11-12-13-15-20-16-14-17-21-18-19(22)23/h20-21H,2-18H2,1H3,(H,22,23). The molecule has 0 aromatic heterocycles. The maximum atomic E-state index is 10.3. The molecular formula is C19H40N2O2. The predicted octanol–water partition coefficient (Wildman–Crippen LogP) is 4.34. The molecule has 4 nitrogen and oxygen atoms in total. The van der Waals surface area contributed by atoms with E-state index in [4.69, 9.17) is 5.11 Å². The summed E-state index contributed by atoms with van der Waals surface area (Å²) in [5.74, 6) is -0.783. The van der Waals surface area contributed by atoms with Crippen LogP contribution in [0.25, 0.3) is 0 Å². The van der Waals surface area contributed by atoms with E-state index in [0.29, 0.717) is 0 Å². The molecule has 0 saturated carbocycles. The minimum absolute atomic E-state index is 0.0682. The van der Waals surface area contributed by atoms with E-state index in [9.17, 15) is 4.79 Å². The second kappa shape index (κ2) is 19.4. The zero-order valence-electron chi connectivity index (χ0n) is 15.4. The minimum Gasteiger partial charge on any atom is -0.480 e. The lowest BCUT2D eigenvalue weighted by molar-refractivity contribution is -0.135. The summed E-state index contributed by atoms with van der Waals surface area (Å²) in [6.45, 7) is 5.19. The second-order valence-electron chi connectivity index (χ2n) is 6.56. The molecule has 0 bridgehead atoms. The van der Waals surface area contributed by atoms with Crippen molar-refractivity contribution in [3.05, 3.63) is 0 Å². The number of carboxylic acids is 1. The van der Waals surface area contributed by atoms with Crippen molar-refractivity contribution in [2.75, 3.05) is 26.2 Å². The fourth-order valence-electron chi connectivity index (χ4n) is 2.75. The van der Waals surface area contributed by atoms with Gasteiger partial charge < -0.3 is 15.7 Å². The fraction of sp³-hybridized carbons (Fsp3) is 0.947. The summed E-state index contributed by atoms with van der Waals surface area (Å²) >= 11 is 0. The smallest absolute Gasteiger partial charge is 0.317 e. The lowest BCUT2D eigenvalue weighted by Crippen LogP contribution is -2.26. The van der Waals surface area contributed by atoms with Crippen LogP contribution in [0.4, 0.5) is 0 Å². The molecule has 0 aliphatic rings. The second-order valence-corrected chi connectivity index (χ2v) is 6.56. The molecule has 3 N–H and O–H groups in total. The highest BCUT2D eigenvalue weighted by Gasteiger charge is 1.95. The monoisotopic (exact) mass is 328 g/mol. The Labute approximate surface area is 143 Å². The van der Waals surface area contributed by atoms with E-state index >= 15 is 0 Å². The maximum Gasteiger partial charge on any atom is 0.317 e. The zero-order valence-corrected chi connectivity index (χ0v) is 15.4. The molecule has 0 heterocycles. The SMILES string of the molecule is CCCCCCCCCCCCCCNCCCNCC(=O)O. The van der Waals surface area contributed by atoms with Gasteiger partial charge >= 0.3 is 5.97 Å². The van der Waals surface area contributed by atoms with E-state index in [1.165, 1.54) is 77.0 Å². The zero-order chi connectivity index (χ0) is 17.0. The predicted molar refractivity (Wildman–Crippen MR) is 99.1 cm³/mol. The summed E-state index contributed by atoms with van der Waals surface area (Å²) in [5, 5.41) is 14.8. The van der Waals surface area contributed by atoms with Crippen molar-refractivity contribution in [3.8, 4) is 0 Å². The molecule has 23 heavy (non-hydrogen) atoms. The quantitative estimate of drug-likeness (QED) is 0.309. The Kier molecular flexibility index (Phi) is 18.9. The van der Waals surface area contributed by atoms with Gasteiger partial charge in [0, 0.05) is 0 Å². The van der Waals surface area contributed by atoms with Crippen molar-refractivity contribution in [2.24, 2.45) is 0 Å². The number of carbonyl (C=O) groups is 1. The number of hydrogen-bond donors (Lipinski definition) is 3. The molecule has 0 rings (SSSR count). The normalized spacial score (nSPS) is 11.0. The van der Waals surface area contributed by atoms with Gasteiger partial charge in [-0.3, -0.25) is 4.79 Å². The Morgan fingerprint density at radius 2 is 1.09 bits per heavy atom. The van der Waals surface area contributed by atoms with E-state index in [1.54, 1.807) is 0 Å². The number of unbranched alkanes of at least 4 members (excludes halogenated alkanes) is 11. The molecule has 0 amide bonds. The average molecular weight is 329 g/mol. The molecular weight excluding hydrogens is 288 g/mol. The van der Waals surface area contributed by atoms with Crippen LogP contribution in [0.2, 0.25) is 0 Å². The van der Waals surface area contributed by atoms with Crippen LogP contribution >= 0.6 is 0 Å². The Morgan fingerprint density at radius 1 is 0.652 bits per heavy atom. The Hall–Kier alpha value is -0.610. The van der Waals surface area contributed by atoms with Crippen LogP contribution in [0.3, 0.4) is 0 Å². The summed E-state index contributed by atoms with van der Waals surface area (Å²) < 4.78 is 0. The first-order valence-electron chi connectivity index (χ1n) is 9.90. The van der Waals surface area contributed by atoms with Crippen LogP contribution in [-0.4, -0.2) is 37.3 Å². The Bertz CT molecular complexity index is 248. The number of rotatable bonds is 19. The molecule has 0 aromatic carbocycles. The molecule has 0 unspecified atom stereocenters. The highest BCUT2D eigenvalue weighted by molar-refractivity contribution is 5.68. The Morgan fingerprint density at radius 3 is 1.61 bits per heavy atom. The highest BCUT2D eigenvalue weighted by atomic mass is 16.4. The summed E-state index contributed by atoms with van der Waals surface area (Å²) in [6.07, 6.45) is 17.7. The molecule has 0 radical (unpaired) electrons. The first-order valence-corrected chi connectivity index (χ1v) is 9.90. The van der Waals surface area contributed by atoms with E-state index in [-0.39, 0.29) is 6.54 Å². The van der Waals surface area contributed by atoms with Crippen LogP contribution < -0.4 is 10.6 Å². The lowest BCUT2D eigenvalue weighted by Gasteiger charge is -2.05. The fourth-order valence-corrected chi connectivity index (χ4v) is 2.75. The first kappa shape index (κ1) is 22.4. The molecule has 4 heteroatoms. The molecule has 0 fully saturated rings. The Balaban J connectivity index is 2.96. The minimum atomic E-state index is -0.783. The molecule has 0 aliphatic carbocycles. The largest absolute Gasteiger partial charge is 0.480 e. The van der Waals surface area contributed by atoms with Gasteiger partial charge in [-0.1, -0.05) is 77.6 Å². The van der Waals surface area contributed by atoms with Crippen LogP contribution in [0.15, 0.2) is 0 Å². The van der Waals surface area contributed by atoms with Gasteiger partial charge in [-0.25, -0.2) is 0 Å². The van der Waals surface area contributed by atoms with Crippen molar-refractivity contribution in [1.29, 1.82) is 0 Å². The van der Waals surface area contributed by atoms with Gasteiger partial charge in [0.2, 0.25) is 0 Å². The van der Waals surface area contributed by atoms with Gasteiger partial charge in [-0.05, 0) is 32.5 Å². The summed E-state index contributed by atoms with van der Waals surface area (Å²) in [4.78, 5) is 10.3. The van der Waals surface area contributed by atoms with Gasteiger partial charge in [-0.2, -0.15) is 0 Å².